The Balaban J connectivity index is 1.48. The lowest BCUT2D eigenvalue weighted by atomic mass is 10.0. The molecule has 0 aliphatic heterocycles. The first kappa shape index (κ1) is 20.7. The van der Waals surface area contributed by atoms with E-state index in [4.69, 9.17) is 0 Å². The zero-order valence-electron chi connectivity index (χ0n) is 18.2. The molecule has 0 saturated heterocycles. The van der Waals surface area contributed by atoms with Crippen molar-refractivity contribution in [3.05, 3.63) is 109 Å². The maximum absolute atomic E-state index is 10.7. The SMILES string of the molecule is Oc1ccc2ccccc2c1NC[C@H](Cc1ccccc1)Nc1c(O)ccc2ccccc12. The molecule has 5 aromatic rings. The van der Waals surface area contributed by atoms with E-state index in [0.717, 1.165) is 39.3 Å². The lowest BCUT2D eigenvalue weighted by molar-refractivity contribution is 0.476. The normalized spacial score (nSPS) is 12.0. The van der Waals surface area contributed by atoms with Gasteiger partial charge < -0.3 is 20.8 Å². The molecule has 164 valence electrons. The fraction of sp³-hybridized carbons (Fsp3) is 0.103. The molecule has 0 unspecified atom stereocenters. The zero-order chi connectivity index (χ0) is 22.6. The van der Waals surface area contributed by atoms with Gasteiger partial charge in [0.05, 0.1) is 11.4 Å². The Hall–Kier alpha value is -4.18. The fourth-order valence-corrected chi connectivity index (χ4v) is 4.36. The van der Waals surface area contributed by atoms with Crippen molar-refractivity contribution < 1.29 is 10.2 Å². The van der Waals surface area contributed by atoms with Crippen molar-refractivity contribution in [2.75, 3.05) is 17.2 Å². The Labute approximate surface area is 193 Å². The van der Waals surface area contributed by atoms with Gasteiger partial charge in [0.15, 0.2) is 0 Å². The zero-order valence-corrected chi connectivity index (χ0v) is 18.2. The number of fused-ring (bicyclic) bond motifs is 2. The topological polar surface area (TPSA) is 64.5 Å². The smallest absolute Gasteiger partial charge is 0.139 e. The summed E-state index contributed by atoms with van der Waals surface area (Å²) in [5.41, 5.74) is 2.63. The first-order valence-electron chi connectivity index (χ1n) is 11.1. The second-order valence-electron chi connectivity index (χ2n) is 8.27. The van der Waals surface area contributed by atoms with Gasteiger partial charge in [-0.05, 0) is 34.9 Å². The summed E-state index contributed by atoms with van der Waals surface area (Å²) in [6, 6.07) is 33.6. The summed E-state index contributed by atoms with van der Waals surface area (Å²) in [6.45, 7) is 0.555. The van der Waals surface area contributed by atoms with Gasteiger partial charge in [-0.25, -0.2) is 0 Å². The Kier molecular flexibility index (Phi) is 5.73. The molecular weight excluding hydrogens is 408 g/mol. The highest BCUT2D eigenvalue weighted by molar-refractivity contribution is 5.98. The minimum absolute atomic E-state index is 0.0394. The van der Waals surface area contributed by atoms with E-state index in [9.17, 15) is 10.2 Å². The number of phenolic OH excluding ortho intramolecular Hbond substituents is 2. The number of rotatable bonds is 7. The van der Waals surface area contributed by atoms with Gasteiger partial charge in [0, 0.05) is 23.4 Å². The van der Waals surface area contributed by atoms with Crippen LogP contribution in [-0.4, -0.2) is 22.8 Å². The predicted octanol–water partition coefficient (Wildman–Crippen LogP) is 6.54. The Morgan fingerprint density at radius 3 is 1.79 bits per heavy atom. The van der Waals surface area contributed by atoms with E-state index in [1.165, 1.54) is 5.56 Å². The van der Waals surface area contributed by atoms with Gasteiger partial charge in [-0.2, -0.15) is 0 Å². The molecule has 0 amide bonds. The summed E-state index contributed by atoms with van der Waals surface area (Å²) in [4.78, 5) is 0. The highest BCUT2D eigenvalue weighted by atomic mass is 16.3. The summed E-state index contributed by atoms with van der Waals surface area (Å²) >= 11 is 0. The first-order chi connectivity index (χ1) is 16.2. The van der Waals surface area contributed by atoms with E-state index < -0.39 is 0 Å². The maximum Gasteiger partial charge on any atom is 0.139 e. The van der Waals surface area contributed by atoms with Crippen LogP contribution in [0.2, 0.25) is 0 Å². The third kappa shape index (κ3) is 4.41. The maximum atomic E-state index is 10.7. The number of nitrogens with one attached hydrogen (secondary N) is 2. The van der Waals surface area contributed by atoms with Crippen molar-refractivity contribution in [2.45, 2.75) is 12.5 Å². The third-order valence-corrected chi connectivity index (χ3v) is 6.01. The summed E-state index contributed by atoms with van der Waals surface area (Å²) in [7, 11) is 0. The molecule has 0 aliphatic carbocycles. The van der Waals surface area contributed by atoms with Gasteiger partial charge in [-0.3, -0.25) is 0 Å². The number of phenols is 2. The van der Waals surface area contributed by atoms with Gasteiger partial charge in [-0.1, -0.05) is 91.0 Å². The van der Waals surface area contributed by atoms with Crippen LogP contribution in [0.5, 0.6) is 11.5 Å². The van der Waals surface area contributed by atoms with Crippen molar-refractivity contribution in [2.24, 2.45) is 0 Å². The molecule has 0 fully saturated rings. The van der Waals surface area contributed by atoms with E-state index in [1.54, 1.807) is 12.1 Å². The summed E-state index contributed by atoms with van der Waals surface area (Å²) in [5, 5.41) is 32.4. The Bertz CT molecular complexity index is 1400. The van der Waals surface area contributed by atoms with Gasteiger partial charge in [0.1, 0.15) is 11.5 Å². The van der Waals surface area contributed by atoms with Gasteiger partial charge in [-0.15, -0.1) is 0 Å². The molecule has 0 aromatic heterocycles. The van der Waals surface area contributed by atoms with Crippen LogP contribution in [0.3, 0.4) is 0 Å². The fourth-order valence-electron chi connectivity index (χ4n) is 4.36. The molecule has 5 rings (SSSR count). The molecule has 0 radical (unpaired) electrons. The molecule has 5 aromatic carbocycles. The first-order valence-corrected chi connectivity index (χ1v) is 11.1. The number of hydrogen-bond acceptors (Lipinski definition) is 4. The second kappa shape index (κ2) is 9.13. The van der Waals surface area contributed by atoms with Crippen molar-refractivity contribution in [1.82, 2.24) is 0 Å². The highest BCUT2D eigenvalue weighted by Crippen LogP contribution is 2.34. The molecular formula is C29H26N2O2. The van der Waals surface area contributed by atoms with Crippen LogP contribution in [0.25, 0.3) is 21.5 Å². The number of aromatic hydroxyl groups is 2. The lowest BCUT2D eigenvalue weighted by Gasteiger charge is -2.24. The monoisotopic (exact) mass is 434 g/mol. The summed E-state index contributed by atoms with van der Waals surface area (Å²) < 4.78 is 0. The van der Waals surface area contributed by atoms with Crippen LogP contribution in [0.4, 0.5) is 11.4 Å². The number of benzene rings is 5. The molecule has 0 aliphatic rings. The number of hydrogen-bond donors (Lipinski definition) is 4. The second-order valence-corrected chi connectivity index (χ2v) is 8.27. The molecule has 4 heteroatoms. The average Bonchev–Trinajstić information content (AvgIpc) is 2.85. The molecule has 4 nitrogen and oxygen atoms in total. The van der Waals surface area contributed by atoms with E-state index in [2.05, 4.69) is 22.8 Å². The lowest BCUT2D eigenvalue weighted by Crippen LogP contribution is -2.30. The molecule has 33 heavy (non-hydrogen) atoms. The molecule has 0 heterocycles. The molecule has 0 saturated carbocycles. The summed E-state index contributed by atoms with van der Waals surface area (Å²) in [6.07, 6.45) is 0.752. The standard InChI is InChI=1S/C29H26N2O2/c32-26-16-14-21-10-4-6-12-24(21)28(26)30-19-23(18-20-8-2-1-3-9-20)31-29-25-13-7-5-11-22(25)15-17-27(29)33/h1-17,23,30-33H,18-19H2/t23-/m0/s1. The van der Waals surface area contributed by atoms with Crippen LogP contribution >= 0.6 is 0 Å². The largest absolute Gasteiger partial charge is 0.506 e. The van der Waals surface area contributed by atoms with Gasteiger partial charge in [0.2, 0.25) is 0 Å². The van der Waals surface area contributed by atoms with Crippen molar-refractivity contribution in [1.29, 1.82) is 0 Å². The molecule has 1 atom stereocenters. The quantitative estimate of drug-likeness (QED) is 0.220. The minimum Gasteiger partial charge on any atom is -0.506 e. The average molecular weight is 435 g/mol. The molecule has 4 N–H and O–H groups in total. The van der Waals surface area contributed by atoms with Gasteiger partial charge in [0.25, 0.3) is 0 Å². The van der Waals surface area contributed by atoms with Crippen LogP contribution in [-0.2, 0) is 6.42 Å². The van der Waals surface area contributed by atoms with Crippen molar-refractivity contribution in [3.63, 3.8) is 0 Å². The van der Waals surface area contributed by atoms with Crippen LogP contribution in [0.1, 0.15) is 5.56 Å². The van der Waals surface area contributed by atoms with E-state index in [-0.39, 0.29) is 17.5 Å². The third-order valence-electron chi connectivity index (χ3n) is 6.01. The van der Waals surface area contributed by atoms with Crippen molar-refractivity contribution in [3.8, 4) is 11.5 Å². The Morgan fingerprint density at radius 2 is 1.12 bits per heavy atom. The van der Waals surface area contributed by atoms with Gasteiger partial charge >= 0.3 is 0 Å². The summed E-state index contributed by atoms with van der Waals surface area (Å²) in [5.74, 6) is 0.444. The molecule has 0 spiro atoms. The van der Waals surface area contributed by atoms with E-state index in [0.29, 0.717) is 6.54 Å². The Morgan fingerprint density at radius 1 is 0.576 bits per heavy atom. The van der Waals surface area contributed by atoms with Crippen LogP contribution in [0, 0.1) is 0 Å². The van der Waals surface area contributed by atoms with E-state index in [1.807, 2.05) is 78.9 Å². The predicted molar refractivity (Wildman–Crippen MR) is 137 cm³/mol. The minimum atomic E-state index is -0.0394. The highest BCUT2D eigenvalue weighted by Gasteiger charge is 2.16. The van der Waals surface area contributed by atoms with E-state index >= 15 is 0 Å². The van der Waals surface area contributed by atoms with Crippen LogP contribution < -0.4 is 10.6 Å². The van der Waals surface area contributed by atoms with Crippen LogP contribution in [0.15, 0.2) is 103 Å². The number of anilines is 2. The molecule has 0 bridgehead atoms. The van der Waals surface area contributed by atoms with Crippen molar-refractivity contribution >= 4 is 32.9 Å².